The number of rotatable bonds is 4. The molecule has 0 radical (unpaired) electrons. The SMILES string of the molecule is COCC(=O)Nc1cccc(C(=O)N2CC(=O)N3CCc4ccccc4C3C2)c1. The predicted molar refractivity (Wildman–Crippen MR) is 107 cm³/mol. The van der Waals surface area contributed by atoms with Gasteiger partial charge in [-0.2, -0.15) is 0 Å². The van der Waals surface area contributed by atoms with Crippen LogP contribution in [0.1, 0.15) is 27.5 Å². The minimum absolute atomic E-state index is 0.0337. The molecule has 2 aromatic rings. The second-order valence-corrected chi connectivity index (χ2v) is 7.30. The average molecular weight is 393 g/mol. The van der Waals surface area contributed by atoms with Crippen LogP contribution in [0.25, 0.3) is 0 Å². The van der Waals surface area contributed by atoms with Gasteiger partial charge in [0.15, 0.2) is 0 Å². The predicted octanol–water partition coefficient (Wildman–Crippen LogP) is 1.85. The fourth-order valence-corrected chi connectivity index (χ4v) is 4.07. The normalized spacial score (nSPS) is 18.1. The molecule has 0 bridgehead atoms. The van der Waals surface area contributed by atoms with Crippen molar-refractivity contribution < 1.29 is 19.1 Å². The lowest BCUT2D eigenvalue weighted by Crippen LogP contribution is -2.55. The van der Waals surface area contributed by atoms with Crippen LogP contribution in [0, 0.1) is 0 Å². The molecule has 2 aliphatic rings. The van der Waals surface area contributed by atoms with Crippen molar-refractivity contribution in [3.8, 4) is 0 Å². The zero-order valence-electron chi connectivity index (χ0n) is 16.3. The Balaban J connectivity index is 1.54. The minimum Gasteiger partial charge on any atom is -0.375 e. The molecule has 0 spiro atoms. The van der Waals surface area contributed by atoms with E-state index in [0.29, 0.717) is 24.3 Å². The van der Waals surface area contributed by atoms with Crippen LogP contribution >= 0.6 is 0 Å². The highest BCUT2D eigenvalue weighted by Gasteiger charge is 2.38. The van der Waals surface area contributed by atoms with Gasteiger partial charge in [0.25, 0.3) is 5.91 Å². The summed E-state index contributed by atoms with van der Waals surface area (Å²) in [5, 5.41) is 2.70. The molecule has 0 saturated carbocycles. The van der Waals surface area contributed by atoms with Crippen LogP contribution in [0.4, 0.5) is 5.69 Å². The zero-order chi connectivity index (χ0) is 20.4. The van der Waals surface area contributed by atoms with Gasteiger partial charge >= 0.3 is 0 Å². The lowest BCUT2D eigenvalue weighted by atomic mass is 9.90. The van der Waals surface area contributed by atoms with E-state index < -0.39 is 0 Å². The Labute approximate surface area is 169 Å². The number of nitrogens with one attached hydrogen (secondary N) is 1. The minimum atomic E-state index is -0.292. The highest BCUT2D eigenvalue weighted by Crippen LogP contribution is 2.33. The molecule has 2 aromatic carbocycles. The second-order valence-electron chi connectivity index (χ2n) is 7.30. The van der Waals surface area contributed by atoms with Crippen LogP contribution in [0.5, 0.6) is 0 Å². The van der Waals surface area contributed by atoms with Crippen LogP contribution in [0.3, 0.4) is 0 Å². The number of benzene rings is 2. The molecule has 7 heteroatoms. The smallest absolute Gasteiger partial charge is 0.254 e. The summed E-state index contributed by atoms with van der Waals surface area (Å²) in [6.45, 7) is 1.15. The van der Waals surface area contributed by atoms with Crippen LogP contribution in [-0.4, -0.2) is 60.9 Å². The number of carbonyl (C=O) groups is 3. The number of carbonyl (C=O) groups excluding carboxylic acids is 3. The first-order valence-corrected chi connectivity index (χ1v) is 9.62. The number of hydrogen-bond acceptors (Lipinski definition) is 4. The van der Waals surface area contributed by atoms with Crippen molar-refractivity contribution in [1.82, 2.24) is 9.80 Å². The van der Waals surface area contributed by atoms with Crippen molar-refractivity contribution in [2.24, 2.45) is 0 Å². The number of piperazine rings is 1. The Morgan fingerprint density at radius 3 is 2.83 bits per heavy atom. The van der Waals surface area contributed by atoms with Gasteiger partial charge in [0.05, 0.1) is 6.04 Å². The van der Waals surface area contributed by atoms with E-state index in [0.717, 1.165) is 12.0 Å². The molecule has 150 valence electrons. The van der Waals surface area contributed by atoms with Gasteiger partial charge in [-0.15, -0.1) is 0 Å². The summed E-state index contributed by atoms with van der Waals surface area (Å²) in [4.78, 5) is 41.1. The summed E-state index contributed by atoms with van der Waals surface area (Å²) in [5.74, 6) is -0.544. The molecule has 1 fully saturated rings. The van der Waals surface area contributed by atoms with Gasteiger partial charge in [0.2, 0.25) is 11.8 Å². The van der Waals surface area contributed by atoms with E-state index in [-0.39, 0.29) is 36.9 Å². The highest BCUT2D eigenvalue weighted by molar-refractivity contribution is 5.99. The van der Waals surface area contributed by atoms with Crippen molar-refractivity contribution in [3.63, 3.8) is 0 Å². The number of hydrogen-bond donors (Lipinski definition) is 1. The van der Waals surface area contributed by atoms with Crippen molar-refractivity contribution in [2.75, 3.05) is 38.7 Å². The first-order chi connectivity index (χ1) is 14.1. The summed E-state index contributed by atoms with van der Waals surface area (Å²) >= 11 is 0. The van der Waals surface area contributed by atoms with E-state index >= 15 is 0 Å². The number of nitrogens with zero attached hydrogens (tertiary/aromatic N) is 2. The van der Waals surface area contributed by atoms with E-state index in [9.17, 15) is 14.4 Å². The number of ether oxygens (including phenoxy) is 1. The summed E-state index contributed by atoms with van der Waals surface area (Å²) < 4.78 is 4.81. The number of fused-ring (bicyclic) bond motifs is 3. The maximum atomic E-state index is 13.1. The molecular formula is C22H23N3O4. The largest absolute Gasteiger partial charge is 0.375 e. The molecule has 0 aromatic heterocycles. The van der Waals surface area contributed by atoms with Crippen molar-refractivity contribution in [2.45, 2.75) is 12.5 Å². The lowest BCUT2D eigenvalue weighted by Gasteiger charge is -2.44. The topological polar surface area (TPSA) is 79.0 Å². The summed E-state index contributed by atoms with van der Waals surface area (Å²) in [7, 11) is 1.44. The molecule has 29 heavy (non-hydrogen) atoms. The number of anilines is 1. The first kappa shape index (κ1) is 19.1. The molecule has 1 atom stereocenters. The first-order valence-electron chi connectivity index (χ1n) is 9.62. The quantitative estimate of drug-likeness (QED) is 0.860. The van der Waals surface area contributed by atoms with Gasteiger partial charge in [-0.1, -0.05) is 30.3 Å². The van der Waals surface area contributed by atoms with Crippen LogP contribution in [-0.2, 0) is 20.7 Å². The zero-order valence-corrected chi connectivity index (χ0v) is 16.3. The van der Waals surface area contributed by atoms with Gasteiger partial charge in [-0.25, -0.2) is 0 Å². The standard InChI is InChI=1S/C22H23N3O4/c1-29-14-20(26)23-17-7-4-6-16(11-17)22(28)24-12-19-18-8-3-2-5-15(18)9-10-25(19)21(27)13-24/h2-8,11,19H,9-10,12-14H2,1H3,(H,23,26). The summed E-state index contributed by atoms with van der Waals surface area (Å²) in [5.41, 5.74) is 3.31. The van der Waals surface area contributed by atoms with E-state index in [1.165, 1.54) is 12.7 Å². The maximum Gasteiger partial charge on any atom is 0.254 e. The molecule has 2 heterocycles. The van der Waals surface area contributed by atoms with E-state index in [4.69, 9.17) is 4.74 Å². The Kier molecular flexibility index (Phi) is 5.31. The van der Waals surface area contributed by atoms with Crippen molar-refractivity contribution >= 4 is 23.4 Å². The average Bonchev–Trinajstić information content (AvgIpc) is 2.73. The third-order valence-corrected chi connectivity index (χ3v) is 5.41. The Morgan fingerprint density at radius 1 is 1.17 bits per heavy atom. The molecule has 4 rings (SSSR count). The Hall–Kier alpha value is -3.19. The number of methoxy groups -OCH3 is 1. The molecule has 2 aliphatic heterocycles. The molecule has 1 N–H and O–H groups in total. The molecule has 1 unspecified atom stereocenters. The van der Waals surface area contributed by atoms with E-state index in [2.05, 4.69) is 11.4 Å². The van der Waals surface area contributed by atoms with Crippen LogP contribution in [0.15, 0.2) is 48.5 Å². The monoisotopic (exact) mass is 393 g/mol. The fraction of sp³-hybridized carbons (Fsp3) is 0.318. The maximum absolute atomic E-state index is 13.1. The summed E-state index contributed by atoms with van der Waals surface area (Å²) in [6.07, 6.45) is 0.843. The molecule has 7 nitrogen and oxygen atoms in total. The van der Waals surface area contributed by atoms with Crippen LogP contribution in [0.2, 0.25) is 0 Å². The Bertz CT molecular complexity index is 959. The Morgan fingerprint density at radius 2 is 2.00 bits per heavy atom. The molecule has 0 aliphatic carbocycles. The van der Waals surface area contributed by atoms with Crippen molar-refractivity contribution in [1.29, 1.82) is 0 Å². The summed E-state index contributed by atoms with van der Waals surface area (Å²) in [6, 6.07) is 14.7. The molecular weight excluding hydrogens is 370 g/mol. The second kappa shape index (κ2) is 8.05. The third-order valence-electron chi connectivity index (χ3n) is 5.41. The van der Waals surface area contributed by atoms with Gasteiger partial charge in [0.1, 0.15) is 13.2 Å². The van der Waals surface area contributed by atoms with E-state index in [1.807, 2.05) is 23.1 Å². The molecule has 1 saturated heterocycles. The van der Waals surface area contributed by atoms with Crippen LogP contribution < -0.4 is 5.32 Å². The van der Waals surface area contributed by atoms with Gasteiger partial charge in [-0.3, -0.25) is 14.4 Å². The highest BCUT2D eigenvalue weighted by atomic mass is 16.5. The van der Waals surface area contributed by atoms with Gasteiger partial charge in [-0.05, 0) is 35.7 Å². The number of amides is 3. The molecule has 3 amide bonds. The lowest BCUT2D eigenvalue weighted by molar-refractivity contribution is -0.139. The van der Waals surface area contributed by atoms with Crippen molar-refractivity contribution in [3.05, 3.63) is 65.2 Å². The van der Waals surface area contributed by atoms with Gasteiger partial charge < -0.3 is 19.9 Å². The van der Waals surface area contributed by atoms with E-state index in [1.54, 1.807) is 29.2 Å². The third kappa shape index (κ3) is 3.86. The fourth-order valence-electron chi connectivity index (χ4n) is 4.07. The van der Waals surface area contributed by atoms with Gasteiger partial charge in [0, 0.05) is 31.5 Å².